The van der Waals surface area contributed by atoms with Crippen molar-refractivity contribution in [2.24, 2.45) is 11.3 Å². The molecule has 0 aromatic carbocycles. The molecule has 1 aliphatic heterocycles. The zero-order valence-electron chi connectivity index (χ0n) is 12.6. The number of aliphatic carboxylic acids is 1. The summed E-state index contributed by atoms with van der Waals surface area (Å²) >= 11 is 0. The van der Waals surface area contributed by atoms with Gasteiger partial charge >= 0.3 is 12.0 Å². The van der Waals surface area contributed by atoms with E-state index >= 15 is 0 Å². The van der Waals surface area contributed by atoms with Gasteiger partial charge in [0, 0.05) is 33.4 Å². The van der Waals surface area contributed by atoms with Crippen LogP contribution in [0.25, 0.3) is 0 Å². The highest BCUT2D eigenvalue weighted by Gasteiger charge is 2.28. The summed E-state index contributed by atoms with van der Waals surface area (Å²) in [5, 5.41) is 11.9. The number of carbonyl (C=O) groups is 2. The lowest BCUT2D eigenvalue weighted by molar-refractivity contribution is -0.143. The molecule has 0 bridgehead atoms. The van der Waals surface area contributed by atoms with Gasteiger partial charge in [-0.15, -0.1) is 0 Å². The predicted octanol–water partition coefficient (Wildman–Crippen LogP) is 1.56. The topological polar surface area (TPSA) is 78.9 Å². The summed E-state index contributed by atoms with van der Waals surface area (Å²) in [6.45, 7) is 6.30. The van der Waals surface area contributed by atoms with Crippen molar-refractivity contribution < 1.29 is 19.4 Å². The standard InChI is InChI=1S/C14H26N2O4/c1-14(2,6-8-20-3)10-15-13(19)16-7-4-5-11(9-16)12(17)18/h11H,4-10H2,1-3H3,(H,15,19)(H,17,18). The fourth-order valence-corrected chi connectivity index (χ4v) is 2.26. The molecule has 2 amide bonds. The lowest BCUT2D eigenvalue weighted by Crippen LogP contribution is -2.48. The summed E-state index contributed by atoms with van der Waals surface area (Å²) < 4.78 is 5.05. The summed E-state index contributed by atoms with van der Waals surface area (Å²) in [7, 11) is 1.66. The van der Waals surface area contributed by atoms with Gasteiger partial charge in [-0.1, -0.05) is 13.8 Å². The van der Waals surface area contributed by atoms with E-state index in [1.54, 1.807) is 12.0 Å². The van der Waals surface area contributed by atoms with Crippen molar-refractivity contribution >= 4 is 12.0 Å². The van der Waals surface area contributed by atoms with Crippen molar-refractivity contribution in [2.45, 2.75) is 33.1 Å². The minimum atomic E-state index is -0.817. The highest BCUT2D eigenvalue weighted by atomic mass is 16.5. The van der Waals surface area contributed by atoms with Crippen molar-refractivity contribution in [1.82, 2.24) is 10.2 Å². The summed E-state index contributed by atoms with van der Waals surface area (Å²) in [4.78, 5) is 24.7. The summed E-state index contributed by atoms with van der Waals surface area (Å²) in [6, 6.07) is -0.165. The maximum absolute atomic E-state index is 12.1. The van der Waals surface area contributed by atoms with Crippen molar-refractivity contribution in [2.75, 3.05) is 33.4 Å². The SMILES string of the molecule is COCCC(C)(C)CNC(=O)N1CCCC(C(=O)O)C1. The number of ether oxygens (including phenoxy) is 1. The maximum atomic E-state index is 12.1. The van der Waals surface area contributed by atoms with Crippen molar-refractivity contribution in [1.29, 1.82) is 0 Å². The van der Waals surface area contributed by atoms with Crippen LogP contribution < -0.4 is 5.32 Å². The van der Waals surface area contributed by atoms with Gasteiger partial charge in [-0.2, -0.15) is 0 Å². The van der Waals surface area contributed by atoms with Gasteiger partial charge in [-0.05, 0) is 24.7 Å². The smallest absolute Gasteiger partial charge is 0.317 e. The number of rotatable bonds is 6. The van der Waals surface area contributed by atoms with Gasteiger partial charge in [-0.25, -0.2) is 4.79 Å². The van der Waals surface area contributed by atoms with Crippen LogP contribution in [-0.2, 0) is 9.53 Å². The second kappa shape index (κ2) is 7.47. The highest BCUT2D eigenvalue weighted by molar-refractivity contribution is 5.76. The Labute approximate surface area is 120 Å². The van der Waals surface area contributed by atoms with Crippen LogP contribution in [0.5, 0.6) is 0 Å². The predicted molar refractivity (Wildman–Crippen MR) is 75.6 cm³/mol. The number of hydrogen-bond donors (Lipinski definition) is 2. The van der Waals surface area contributed by atoms with Crippen molar-refractivity contribution in [3.8, 4) is 0 Å². The van der Waals surface area contributed by atoms with E-state index in [1.807, 2.05) is 0 Å². The highest BCUT2D eigenvalue weighted by Crippen LogP contribution is 2.20. The number of carboxylic acid groups (broad SMARTS) is 1. The minimum Gasteiger partial charge on any atom is -0.481 e. The number of nitrogens with zero attached hydrogens (tertiary/aromatic N) is 1. The lowest BCUT2D eigenvalue weighted by atomic mass is 9.90. The van der Waals surface area contributed by atoms with E-state index in [1.165, 1.54) is 0 Å². The number of urea groups is 1. The molecule has 1 unspecified atom stereocenters. The number of nitrogens with one attached hydrogen (secondary N) is 1. The number of hydrogen-bond acceptors (Lipinski definition) is 3. The Bertz CT molecular complexity index is 344. The Kier molecular flexibility index (Phi) is 6.26. The normalized spacial score (nSPS) is 19.8. The Balaban J connectivity index is 2.40. The first-order chi connectivity index (χ1) is 9.35. The minimum absolute atomic E-state index is 0.0341. The third kappa shape index (κ3) is 5.36. The van der Waals surface area contributed by atoms with Crippen LogP contribution in [0.1, 0.15) is 33.1 Å². The summed E-state index contributed by atoms with van der Waals surface area (Å²) in [5.74, 6) is -1.25. The summed E-state index contributed by atoms with van der Waals surface area (Å²) in [5.41, 5.74) is -0.0341. The van der Waals surface area contributed by atoms with Crippen molar-refractivity contribution in [3.05, 3.63) is 0 Å². The number of methoxy groups -OCH3 is 1. The Morgan fingerprint density at radius 2 is 2.15 bits per heavy atom. The quantitative estimate of drug-likeness (QED) is 0.776. The van der Waals surface area contributed by atoms with Crippen LogP contribution in [0, 0.1) is 11.3 Å². The average Bonchev–Trinajstić information content (AvgIpc) is 2.43. The van der Waals surface area contributed by atoms with Gasteiger partial charge in [-0.3, -0.25) is 4.79 Å². The zero-order valence-corrected chi connectivity index (χ0v) is 12.6. The van der Waals surface area contributed by atoms with Crippen LogP contribution >= 0.6 is 0 Å². The number of amides is 2. The number of likely N-dealkylation sites (tertiary alicyclic amines) is 1. The molecule has 0 radical (unpaired) electrons. The number of carbonyl (C=O) groups excluding carboxylic acids is 1. The fraction of sp³-hybridized carbons (Fsp3) is 0.857. The lowest BCUT2D eigenvalue weighted by Gasteiger charge is -2.32. The van der Waals surface area contributed by atoms with Gasteiger partial charge in [0.05, 0.1) is 5.92 Å². The van der Waals surface area contributed by atoms with Gasteiger partial charge in [0.2, 0.25) is 0 Å². The molecule has 6 heteroatoms. The molecule has 1 atom stereocenters. The van der Waals surface area contributed by atoms with Crippen LogP contribution in [-0.4, -0.2) is 55.4 Å². The fourth-order valence-electron chi connectivity index (χ4n) is 2.26. The summed E-state index contributed by atoms with van der Waals surface area (Å²) in [6.07, 6.45) is 2.26. The molecule has 116 valence electrons. The van der Waals surface area contributed by atoms with Gasteiger partial charge in [0.15, 0.2) is 0 Å². The van der Waals surface area contributed by atoms with Gasteiger partial charge in [0.25, 0.3) is 0 Å². The molecular weight excluding hydrogens is 260 g/mol. The second-order valence-corrected chi connectivity index (χ2v) is 6.19. The van der Waals surface area contributed by atoms with E-state index in [0.717, 1.165) is 12.8 Å². The molecule has 0 aromatic heterocycles. The zero-order chi connectivity index (χ0) is 15.2. The first kappa shape index (κ1) is 16.8. The first-order valence-corrected chi connectivity index (χ1v) is 7.10. The number of piperidine rings is 1. The first-order valence-electron chi connectivity index (χ1n) is 7.10. The van der Waals surface area contributed by atoms with Crippen LogP contribution in [0.2, 0.25) is 0 Å². The van der Waals surface area contributed by atoms with E-state index in [9.17, 15) is 9.59 Å². The maximum Gasteiger partial charge on any atom is 0.317 e. The van der Waals surface area contributed by atoms with Gasteiger partial charge < -0.3 is 20.1 Å². The Hall–Kier alpha value is -1.30. The number of carboxylic acids is 1. The largest absolute Gasteiger partial charge is 0.481 e. The Morgan fingerprint density at radius 1 is 1.45 bits per heavy atom. The molecule has 2 N–H and O–H groups in total. The van der Waals surface area contributed by atoms with Crippen LogP contribution in [0.15, 0.2) is 0 Å². The third-order valence-corrected chi connectivity index (χ3v) is 3.76. The van der Waals surface area contributed by atoms with Crippen LogP contribution in [0.4, 0.5) is 4.79 Å². The molecule has 1 aliphatic rings. The van der Waals surface area contributed by atoms with E-state index in [0.29, 0.717) is 32.7 Å². The van der Waals surface area contributed by atoms with Crippen molar-refractivity contribution in [3.63, 3.8) is 0 Å². The molecule has 0 saturated carbocycles. The monoisotopic (exact) mass is 286 g/mol. The molecule has 20 heavy (non-hydrogen) atoms. The molecular formula is C14H26N2O4. The second-order valence-electron chi connectivity index (χ2n) is 6.19. The molecule has 0 aliphatic carbocycles. The average molecular weight is 286 g/mol. The Morgan fingerprint density at radius 3 is 2.75 bits per heavy atom. The molecule has 1 rings (SSSR count). The van der Waals surface area contributed by atoms with Crippen LogP contribution in [0.3, 0.4) is 0 Å². The van der Waals surface area contributed by atoms with E-state index in [-0.39, 0.29) is 11.4 Å². The molecule has 0 spiro atoms. The molecule has 1 fully saturated rings. The molecule has 1 heterocycles. The molecule has 0 aromatic rings. The van der Waals surface area contributed by atoms with E-state index in [4.69, 9.17) is 9.84 Å². The third-order valence-electron chi connectivity index (χ3n) is 3.76. The van der Waals surface area contributed by atoms with Gasteiger partial charge in [0.1, 0.15) is 0 Å². The van der Waals surface area contributed by atoms with E-state index < -0.39 is 11.9 Å². The molecule has 1 saturated heterocycles. The van der Waals surface area contributed by atoms with E-state index in [2.05, 4.69) is 19.2 Å². The molecule has 6 nitrogen and oxygen atoms in total.